The van der Waals surface area contributed by atoms with Crippen molar-refractivity contribution in [3.8, 4) is 10.6 Å². The maximum absolute atomic E-state index is 11.9. The lowest BCUT2D eigenvalue weighted by atomic mass is 10.1. The molecular weight excluding hydrogens is 460 g/mol. The predicted octanol–water partition coefficient (Wildman–Crippen LogP) is 9.85. The number of rotatable bonds is 19. The minimum atomic E-state index is 0.0575. The molecule has 0 atom stereocenters. The van der Waals surface area contributed by atoms with E-state index in [1.165, 1.54) is 113 Å². The quantitative estimate of drug-likeness (QED) is 0.119. The number of benzene rings is 2. The van der Waals surface area contributed by atoms with Crippen molar-refractivity contribution in [1.29, 1.82) is 0 Å². The Morgan fingerprint density at radius 2 is 1.22 bits per heavy atom. The lowest BCUT2D eigenvalue weighted by Gasteiger charge is -2.25. The molecule has 2 aliphatic rings. The van der Waals surface area contributed by atoms with Crippen LogP contribution in [0.5, 0.6) is 0 Å². The Kier molecular flexibility index (Phi) is 13.3. The third kappa shape index (κ3) is 9.84. The van der Waals surface area contributed by atoms with Crippen LogP contribution in [0.1, 0.15) is 117 Å². The summed E-state index contributed by atoms with van der Waals surface area (Å²) in [5.74, 6) is 0. The molecule has 3 rings (SSSR count). The van der Waals surface area contributed by atoms with Crippen LogP contribution in [0.25, 0.3) is 20.8 Å². The zero-order valence-corrected chi connectivity index (χ0v) is 23.7. The number of unbranched alkanes of at least 4 members (excludes halogenated alkanes) is 14. The lowest BCUT2D eigenvalue weighted by Crippen LogP contribution is -2.25. The van der Waals surface area contributed by atoms with Crippen LogP contribution in [0.3, 0.4) is 0 Å². The van der Waals surface area contributed by atoms with Gasteiger partial charge in [-0.1, -0.05) is 104 Å². The molecule has 0 unspecified atom stereocenters. The van der Waals surface area contributed by atoms with Crippen molar-refractivity contribution in [3.63, 3.8) is 0 Å². The van der Waals surface area contributed by atoms with Gasteiger partial charge in [0.05, 0.1) is 20.8 Å². The van der Waals surface area contributed by atoms with E-state index >= 15 is 0 Å². The van der Waals surface area contributed by atoms with Crippen LogP contribution in [0.15, 0.2) is 41.2 Å². The zero-order chi connectivity index (χ0) is 25.4. The van der Waals surface area contributed by atoms with Gasteiger partial charge in [-0.05, 0) is 43.2 Å². The number of fused-ring (bicyclic) bond motifs is 2. The van der Waals surface area contributed by atoms with Crippen LogP contribution in [0, 0.1) is 0 Å². The molecule has 0 fully saturated rings. The molecule has 1 heterocycles. The van der Waals surface area contributed by atoms with Gasteiger partial charge < -0.3 is 4.90 Å². The van der Waals surface area contributed by atoms with Crippen LogP contribution in [-0.2, 0) is 0 Å². The largest absolute Gasteiger partial charge is 0.371 e. The second-order valence-corrected chi connectivity index (χ2v) is 11.5. The fourth-order valence-electron chi connectivity index (χ4n) is 5.03. The Balaban J connectivity index is 1.59. The minimum Gasteiger partial charge on any atom is -0.371 e. The van der Waals surface area contributed by atoms with Crippen molar-refractivity contribution >= 4 is 27.2 Å². The molecule has 1 aliphatic carbocycles. The molecule has 0 spiro atoms. The van der Waals surface area contributed by atoms with Gasteiger partial charge in [-0.15, -0.1) is 11.3 Å². The molecule has 0 bridgehead atoms. The lowest BCUT2D eigenvalue weighted by molar-refractivity contribution is 0.555. The van der Waals surface area contributed by atoms with Crippen LogP contribution < -0.4 is 10.3 Å². The number of nitrogens with zero attached hydrogens (tertiary/aromatic N) is 2. The Bertz CT molecular complexity index is 1010. The Hall–Kier alpha value is -1.94. The van der Waals surface area contributed by atoms with Gasteiger partial charge in [-0.2, -0.15) is 0 Å². The monoisotopic (exact) mass is 508 g/mol. The van der Waals surface area contributed by atoms with Gasteiger partial charge >= 0.3 is 0 Å². The fraction of sp³-hybridized carbons (Fsp3) is 0.625. The molecule has 0 saturated heterocycles. The first kappa shape index (κ1) is 28.6. The first-order valence-corrected chi connectivity index (χ1v) is 15.6. The van der Waals surface area contributed by atoms with Crippen molar-refractivity contribution < 1.29 is 0 Å². The number of aromatic nitrogens is 1. The summed E-state index contributed by atoms with van der Waals surface area (Å²) in [6, 6.07) is 11.9. The molecule has 3 nitrogen and oxygen atoms in total. The normalized spacial score (nSPS) is 11.5. The Labute approximate surface area is 223 Å². The molecule has 198 valence electrons. The Morgan fingerprint density at radius 3 is 1.81 bits per heavy atom. The molecule has 0 aromatic heterocycles. The maximum atomic E-state index is 11.9. The summed E-state index contributed by atoms with van der Waals surface area (Å²) in [5, 5.41) is 0. The summed E-state index contributed by atoms with van der Waals surface area (Å²) in [5.41, 5.74) is 3.30. The fourth-order valence-corrected chi connectivity index (χ4v) is 6.06. The number of hydrogen-bond donors (Lipinski definition) is 0. The first-order chi connectivity index (χ1) is 17.7. The second-order valence-electron chi connectivity index (χ2n) is 10.4. The molecule has 0 N–H and O–H groups in total. The third-order valence-corrected chi connectivity index (χ3v) is 8.36. The average Bonchev–Trinajstić information content (AvgIpc) is 2.89. The van der Waals surface area contributed by atoms with Crippen LogP contribution >= 0.6 is 11.3 Å². The Morgan fingerprint density at radius 1 is 0.667 bits per heavy atom. The third-order valence-electron chi connectivity index (χ3n) is 7.26. The van der Waals surface area contributed by atoms with Gasteiger partial charge in [-0.3, -0.25) is 4.79 Å². The molecule has 1 aromatic carbocycles. The van der Waals surface area contributed by atoms with Crippen LogP contribution in [-0.4, -0.2) is 18.1 Å². The minimum absolute atomic E-state index is 0.0575. The summed E-state index contributed by atoms with van der Waals surface area (Å²) < 4.78 is 1.17. The molecule has 36 heavy (non-hydrogen) atoms. The molecule has 0 amide bonds. The summed E-state index contributed by atoms with van der Waals surface area (Å²) in [4.78, 5) is 20.2. The molecule has 1 aromatic rings. The molecular formula is C32H48N2OS. The van der Waals surface area contributed by atoms with Crippen LogP contribution in [0.4, 0.5) is 5.69 Å². The van der Waals surface area contributed by atoms with E-state index < -0.39 is 0 Å². The van der Waals surface area contributed by atoms with E-state index in [1.807, 2.05) is 6.07 Å². The highest BCUT2D eigenvalue weighted by Crippen LogP contribution is 2.32. The molecule has 1 aliphatic heterocycles. The first-order valence-electron chi connectivity index (χ1n) is 14.8. The summed E-state index contributed by atoms with van der Waals surface area (Å²) in [7, 11) is 0. The zero-order valence-electron chi connectivity index (χ0n) is 22.9. The van der Waals surface area contributed by atoms with Gasteiger partial charge in [0.1, 0.15) is 0 Å². The topological polar surface area (TPSA) is 33.2 Å². The smallest absolute Gasteiger partial charge is 0.180 e. The summed E-state index contributed by atoms with van der Waals surface area (Å²) >= 11 is 1.69. The average molecular weight is 509 g/mol. The van der Waals surface area contributed by atoms with E-state index in [9.17, 15) is 4.79 Å². The van der Waals surface area contributed by atoms with Gasteiger partial charge in [0, 0.05) is 24.8 Å². The second kappa shape index (κ2) is 16.7. The highest BCUT2D eigenvalue weighted by atomic mass is 32.1. The maximum Gasteiger partial charge on any atom is 0.180 e. The predicted molar refractivity (Wildman–Crippen MR) is 160 cm³/mol. The SMILES string of the molecule is CCCCCCCCCCN(CCCCCCCCCC)c1ccc2nc3ccc(=O)cc-3sc2c1. The van der Waals surface area contributed by atoms with Gasteiger partial charge in [0.15, 0.2) is 5.43 Å². The molecule has 0 radical (unpaired) electrons. The van der Waals surface area contributed by atoms with Gasteiger partial charge in [0.25, 0.3) is 0 Å². The highest BCUT2D eigenvalue weighted by molar-refractivity contribution is 7.21. The van der Waals surface area contributed by atoms with Crippen molar-refractivity contribution in [3.05, 3.63) is 46.6 Å². The van der Waals surface area contributed by atoms with E-state index in [0.717, 1.165) is 29.2 Å². The van der Waals surface area contributed by atoms with E-state index in [0.29, 0.717) is 0 Å². The van der Waals surface area contributed by atoms with Crippen molar-refractivity contribution in [2.45, 2.75) is 117 Å². The number of anilines is 1. The van der Waals surface area contributed by atoms with E-state index in [2.05, 4.69) is 36.9 Å². The summed E-state index contributed by atoms with van der Waals surface area (Å²) in [6.07, 6.45) is 21.7. The molecule has 4 heteroatoms. The standard InChI is InChI=1S/C32H48N2OS/c1-3-5-7-9-11-13-15-17-23-34(24-18-16-14-12-10-8-6-4-2)27-19-21-29-31(25-27)36-32-26-28(35)20-22-30(32)33-29/h19-22,25-26H,3-18,23-24H2,1-2H3. The van der Waals surface area contributed by atoms with E-state index in [1.54, 1.807) is 23.5 Å². The van der Waals surface area contributed by atoms with E-state index in [-0.39, 0.29) is 5.43 Å². The van der Waals surface area contributed by atoms with Crippen molar-refractivity contribution in [2.75, 3.05) is 18.0 Å². The van der Waals surface area contributed by atoms with Crippen molar-refractivity contribution in [1.82, 2.24) is 4.98 Å². The summed E-state index contributed by atoms with van der Waals surface area (Å²) in [6.45, 7) is 6.84. The van der Waals surface area contributed by atoms with E-state index in [4.69, 9.17) is 4.98 Å². The van der Waals surface area contributed by atoms with Gasteiger partial charge in [-0.25, -0.2) is 4.98 Å². The number of hydrogen-bond acceptors (Lipinski definition) is 4. The van der Waals surface area contributed by atoms with Crippen LogP contribution in [0.2, 0.25) is 0 Å². The highest BCUT2D eigenvalue weighted by Gasteiger charge is 2.11. The molecule has 0 saturated carbocycles. The van der Waals surface area contributed by atoms with Gasteiger partial charge in [0.2, 0.25) is 0 Å². The van der Waals surface area contributed by atoms with Crippen molar-refractivity contribution in [2.24, 2.45) is 0 Å².